The molecule has 1 aromatic carbocycles. The average Bonchev–Trinajstić information content (AvgIpc) is 3.12. The molecular weight excluding hydrogens is 285 g/mol. The maximum atomic E-state index is 13.0. The van der Waals surface area contributed by atoms with Crippen LogP contribution in [0.3, 0.4) is 0 Å². The smallest absolute Gasteiger partial charge is 0.224 e. The molecule has 3 rings (SSSR count). The van der Waals surface area contributed by atoms with Crippen LogP contribution in [0.2, 0.25) is 0 Å². The van der Waals surface area contributed by atoms with Crippen LogP contribution < -0.4 is 10.5 Å². The molecule has 0 bridgehead atoms. The maximum Gasteiger partial charge on any atom is 0.224 e. The Hall–Kier alpha value is -2.52. The molecule has 0 saturated carbocycles. The van der Waals surface area contributed by atoms with Crippen molar-refractivity contribution in [2.75, 3.05) is 12.3 Å². The monoisotopic (exact) mass is 301 g/mol. The molecule has 2 heterocycles. The summed E-state index contributed by atoms with van der Waals surface area (Å²) in [6.07, 6.45) is 2.01. The third kappa shape index (κ3) is 2.90. The van der Waals surface area contributed by atoms with Crippen molar-refractivity contribution in [2.24, 2.45) is 0 Å². The van der Waals surface area contributed by atoms with Crippen LogP contribution in [0.5, 0.6) is 11.6 Å². The lowest BCUT2D eigenvalue weighted by Crippen LogP contribution is -2.16. The number of hydrogen-bond donors (Lipinski definition) is 1. The number of benzene rings is 1. The fourth-order valence-corrected chi connectivity index (χ4v) is 2.55. The van der Waals surface area contributed by atoms with E-state index in [1.807, 2.05) is 0 Å². The van der Waals surface area contributed by atoms with Gasteiger partial charge in [-0.3, -0.25) is 4.57 Å². The molecule has 1 aliphatic rings. The van der Waals surface area contributed by atoms with Crippen molar-refractivity contribution in [2.45, 2.75) is 25.5 Å². The lowest BCUT2D eigenvalue weighted by molar-refractivity contribution is 0.0952. The summed E-state index contributed by atoms with van der Waals surface area (Å²) in [5.41, 5.74) is 6.75. The van der Waals surface area contributed by atoms with Crippen LogP contribution in [0.1, 0.15) is 18.5 Å². The number of anilines is 1. The van der Waals surface area contributed by atoms with Crippen molar-refractivity contribution in [3.8, 4) is 17.7 Å². The van der Waals surface area contributed by atoms with Crippen molar-refractivity contribution >= 4 is 5.69 Å². The number of rotatable bonds is 4. The van der Waals surface area contributed by atoms with Gasteiger partial charge in [0.1, 0.15) is 23.3 Å². The standard InChI is InChI=1S/C16H16FN3O2/c17-11-3-5-13(6-4-11)22-16-15(19)8-12(9-18)20(16)10-14-2-1-7-21-14/h3-6,8,14H,1-2,7,10,19H2/t14-/m0/s1. The molecule has 1 atom stereocenters. The summed E-state index contributed by atoms with van der Waals surface area (Å²) in [4.78, 5) is 0. The molecule has 22 heavy (non-hydrogen) atoms. The molecule has 6 heteroatoms. The summed E-state index contributed by atoms with van der Waals surface area (Å²) in [5.74, 6) is 0.510. The Balaban J connectivity index is 1.90. The van der Waals surface area contributed by atoms with E-state index in [0.29, 0.717) is 29.6 Å². The highest BCUT2D eigenvalue weighted by Gasteiger charge is 2.22. The molecule has 1 fully saturated rings. The zero-order valence-corrected chi connectivity index (χ0v) is 12.0. The van der Waals surface area contributed by atoms with E-state index < -0.39 is 0 Å². The first kappa shape index (κ1) is 14.4. The van der Waals surface area contributed by atoms with Gasteiger partial charge < -0.3 is 15.2 Å². The summed E-state index contributed by atoms with van der Waals surface area (Å²) in [7, 11) is 0. The lowest BCUT2D eigenvalue weighted by Gasteiger charge is -2.15. The van der Waals surface area contributed by atoms with Gasteiger partial charge in [0, 0.05) is 12.7 Å². The largest absolute Gasteiger partial charge is 0.439 e. The van der Waals surface area contributed by atoms with Gasteiger partial charge in [0.2, 0.25) is 5.88 Å². The third-order valence-electron chi connectivity index (χ3n) is 3.63. The number of nitrogen functional groups attached to an aromatic ring is 1. The summed E-state index contributed by atoms with van der Waals surface area (Å²) in [6.45, 7) is 1.24. The van der Waals surface area contributed by atoms with Gasteiger partial charge in [0.15, 0.2) is 0 Å². The molecule has 0 amide bonds. The van der Waals surface area contributed by atoms with Crippen molar-refractivity contribution in [3.63, 3.8) is 0 Å². The Labute approximate surface area is 127 Å². The minimum absolute atomic E-state index is 0.0504. The van der Waals surface area contributed by atoms with Crippen LogP contribution in [-0.2, 0) is 11.3 Å². The molecule has 1 aliphatic heterocycles. The predicted molar refractivity (Wildman–Crippen MR) is 79.0 cm³/mol. The van der Waals surface area contributed by atoms with Crippen molar-refractivity contribution in [1.82, 2.24) is 4.57 Å². The highest BCUT2D eigenvalue weighted by Crippen LogP contribution is 2.32. The number of ether oxygens (including phenoxy) is 2. The maximum absolute atomic E-state index is 13.0. The van der Waals surface area contributed by atoms with Crippen molar-refractivity contribution < 1.29 is 13.9 Å². The number of nitrogens with zero attached hydrogens (tertiary/aromatic N) is 2. The molecule has 0 aliphatic carbocycles. The average molecular weight is 301 g/mol. The van der Waals surface area contributed by atoms with Crippen LogP contribution in [0.15, 0.2) is 30.3 Å². The normalized spacial score (nSPS) is 17.4. The second-order valence-corrected chi connectivity index (χ2v) is 5.20. The summed E-state index contributed by atoms with van der Waals surface area (Å²) in [5, 5.41) is 9.26. The van der Waals surface area contributed by atoms with Crippen molar-refractivity contribution in [1.29, 1.82) is 5.26 Å². The second kappa shape index (κ2) is 6.08. The van der Waals surface area contributed by atoms with E-state index in [-0.39, 0.29) is 11.9 Å². The molecule has 2 aromatic rings. The highest BCUT2D eigenvalue weighted by atomic mass is 19.1. The number of hydrogen-bond acceptors (Lipinski definition) is 4. The van der Waals surface area contributed by atoms with E-state index in [1.165, 1.54) is 24.3 Å². The van der Waals surface area contributed by atoms with Gasteiger partial charge in [0.25, 0.3) is 0 Å². The predicted octanol–water partition coefficient (Wildman–Crippen LogP) is 3.05. The zero-order valence-electron chi connectivity index (χ0n) is 12.0. The Bertz CT molecular complexity index is 697. The van der Waals surface area contributed by atoms with Gasteiger partial charge >= 0.3 is 0 Å². The van der Waals surface area contributed by atoms with Crippen LogP contribution >= 0.6 is 0 Å². The number of nitriles is 1. The van der Waals surface area contributed by atoms with Crippen LogP contribution in [0, 0.1) is 17.1 Å². The van der Waals surface area contributed by atoms with Gasteiger partial charge in [-0.05, 0) is 37.1 Å². The first-order chi connectivity index (χ1) is 10.7. The fourth-order valence-electron chi connectivity index (χ4n) is 2.55. The fraction of sp³-hybridized carbons (Fsp3) is 0.312. The molecule has 114 valence electrons. The first-order valence-electron chi connectivity index (χ1n) is 7.11. The van der Waals surface area contributed by atoms with E-state index >= 15 is 0 Å². The van der Waals surface area contributed by atoms with E-state index in [0.717, 1.165) is 19.4 Å². The zero-order chi connectivity index (χ0) is 15.5. The molecule has 1 saturated heterocycles. The Kier molecular flexibility index (Phi) is 3.98. The lowest BCUT2D eigenvalue weighted by atomic mass is 10.2. The van der Waals surface area contributed by atoms with E-state index in [4.69, 9.17) is 15.2 Å². The van der Waals surface area contributed by atoms with Gasteiger partial charge in [-0.25, -0.2) is 4.39 Å². The molecular formula is C16H16FN3O2. The van der Waals surface area contributed by atoms with Crippen LogP contribution in [0.25, 0.3) is 0 Å². The molecule has 0 unspecified atom stereocenters. The molecule has 1 aromatic heterocycles. The van der Waals surface area contributed by atoms with E-state index in [9.17, 15) is 9.65 Å². The minimum Gasteiger partial charge on any atom is -0.439 e. The second-order valence-electron chi connectivity index (χ2n) is 5.20. The van der Waals surface area contributed by atoms with E-state index in [2.05, 4.69) is 6.07 Å². The highest BCUT2D eigenvalue weighted by molar-refractivity contribution is 5.56. The SMILES string of the molecule is N#Cc1cc(N)c(Oc2ccc(F)cc2)n1C[C@@H]1CCCO1. The van der Waals surface area contributed by atoms with E-state index in [1.54, 1.807) is 10.6 Å². The van der Waals surface area contributed by atoms with Crippen LogP contribution in [-0.4, -0.2) is 17.3 Å². The quantitative estimate of drug-likeness (QED) is 0.942. The van der Waals surface area contributed by atoms with Gasteiger partial charge in [-0.1, -0.05) is 0 Å². The molecule has 0 radical (unpaired) electrons. The Morgan fingerprint density at radius 1 is 1.41 bits per heavy atom. The molecule has 5 nitrogen and oxygen atoms in total. The summed E-state index contributed by atoms with van der Waals surface area (Å²) >= 11 is 0. The van der Waals surface area contributed by atoms with Gasteiger partial charge in [-0.2, -0.15) is 5.26 Å². The van der Waals surface area contributed by atoms with Crippen LogP contribution in [0.4, 0.5) is 10.1 Å². The number of halogens is 1. The van der Waals surface area contributed by atoms with Gasteiger partial charge in [0.05, 0.1) is 18.3 Å². The van der Waals surface area contributed by atoms with Gasteiger partial charge in [-0.15, -0.1) is 0 Å². The Morgan fingerprint density at radius 3 is 2.82 bits per heavy atom. The summed E-state index contributed by atoms with van der Waals surface area (Å²) < 4.78 is 26.0. The van der Waals surface area contributed by atoms with Crippen molar-refractivity contribution in [3.05, 3.63) is 41.8 Å². The topological polar surface area (TPSA) is 73.2 Å². The molecule has 2 N–H and O–H groups in total. The Morgan fingerprint density at radius 2 is 2.18 bits per heavy atom. The number of nitrogens with two attached hydrogens (primary N) is 1. The third-order valence-corrected chi connectivity index (χ3v) is 3.63. The summed E-state index contributed by atoms with van der Waals surface area (Å²) in [6, 6.07) is 9.35. The molecule has 0 spiro atoms. The first-order valence-corrected chi connectivity index (χ1v) is 7.11. The minimum atomic E-state index is -0.340. The number of aromatic nitrogens is 1.